The molecule has 0 amide bonds. The SMILES string of the molecule is Cc1ccc(C(N)CN(C)CC(F)F)cc1C. The third-order valence-electron chi connectivity index (χ3n) is 2.92. The summed E-state index contributed by atoms with van der Waals surface area (Å²) in [5, 5.41) is 0. The standard InChI is InChI=1S/C13H20F2N2/c1-9-4-5-11(6-10(9)2)12(16)7-17(3)8-13(14)15/h4-6,12-13H,7-8,16H2,1-3H3. The van der Waals surface area contributed by atoms with Gasteiger partial charge in [-0.3, -0.25) is 4.90 Å². The minimum Gasteiger partial charge on any atom is -0.323 e. The molecule has 96 valence electrons. The zero-order valence-electron chi connectivity index (χ0n) is 10.6. The number of halogens is 2. The molecule has 2 N–H and O–H groups in total. The predicted octanol–water partition coefficient (Wildman–Crippen LogP) is 2.50. The van der Waals surface area contributed by atoms with Gasteiger partial charge in [-0.25, -0.2) is 8.78 Å². The predicted molar refractivity (Wildman–Crippen MR) is 66.3 cm³/mol. The van der Waals surface area contributed by atoms with Crippen LogP contribution in [-0.2, 0) is 0 Å². The van der Waals surface area contributed by atoms with E-state index in [1.165, 1.54) is 11.1 Å². The van der Waals surface area contributed by atoms with Gasteiger partial charge in [-0.2, -0.15) is 0 Å². The largest absolute Gasteiger partial charge is 0.323 e. The van der Waals surface area contributed by atoms with Crippen LogP contribution in [0.5, 0.6) is 0 Å². The Morgan fingerprint density at radius 3 is 2.35 bits per heavy atom. The molecular weight excluding hydrogens is 222 g/mol. The number of hydrogen-bond donors (Lipinski definition) is 1. The number of benzene rings is 1. The summed E-state index contributed by atoms with van der Waals surface area (Å²) in [5.41, 5.74) is 9.38. The molecule has 1 aromatic carbocycles. The van der Waals surface area contributed by atoms with E-state index in [0.717, 1.165) is 5.56 Å². The third-order valence-corrected chi connectivity index (χ3v) is 2.92. The van der Waals surface area contributed by atoms with Crippen molar-refractivity contribution in [1.29, 1.82) is 0 Å². The molecule has 0 radical (unpaired) electrons. The molecule has 1 aromatic rings. The van der Waals surface area contributed by atoms with Crippen LogP contribution < -0.4 is 5.73 Å². The second kappa shape index (κ2) is 6.07. The average Bonchev–Trinajstić information content (AvgIpc) is 2.20. The molecule has 4 heteroatoms. The van der Waals surface area contributed by atoms with E-state index in [2.05, 4.69) is 0 Å². The Labute approximate surface area is 101 Å². The lowest BCUT2D eigenvalue weighted by atomic mass is 10.0. The van der Waals surface area contributed by atoms with Crippen molar-refractivity contribution in [2.75, 3.05) is 20.1 Å². The number of nitrogens with zero attached hydrogens (tertiary/aromatic N) is 1. The van der Waals surface area contributed by atoms with E-state index in [1.54, 1.807) is 11.9 Å². The zero-order chi connectivity index (χ0) is 13.0. The molecule has 0 saturated heterocycles. The molecular formula is C13H20F2N2. The number of aryl methyl sites for hydroxylation is 2. The van der Waals surface area contributed by atoms with Crippen LogP contribution in [0.2, 0.25) is 0 Å². The molecule has 0 spiro atoms. The van der Waals surface area contributed by atoms with E-state index >= 15 is 0 Å². The molecule has 2 nitrogen and oxygen atoms in total. The van der Waals surface area contributed by atoms with Crippen molar-refractivity contribution >= 4 is 0 Å². The van der Waals surface area contributed by atoms with E-state index in [0.29, 0.717) is 6.54 Å². The Bertz CT molecular complexity index is 366. The Morgan fingerprint density at radius 1 is 1.18 bits per heavy atom. The first-order valence-electron chi connectivity index (χ1n) is 5.69. The lowest BCUT2D eigenvalue weighted by molar-refractivity contribution is 0.0978. The molecule has 1 atom stereocenters. The normalized spacial score (nSPS) is 13.4. The van der Waals surface area contributed by atoms with Gasteiger partial charge in [0.15, 0.2) is 0 Å². The van der Waals surface area contributed by atoms with Gasteiger partial charge in [0.2, 0.25) is 0 Å². The van der Waals surface area contributed by atoms with Crippen LogP contribution in [-0.4, -0.2) is 31.5 Å². The molecule has 0 aromatic heterocycles. The molecule has 0 aliphatic heterocycles. The van der Waals surface area contributed by atoms with Crippen molar-refractivity contribution in [3.05, 3.63) is 34.9 Å². The molecule has 0 aliphatic carbocycles. The van der Waals surface area contributed by atoms with Crippen LogP contribution in [0.3, 0.4) is 0 Å². The summed E-state index contributed by atoms with van der Waals surface area (Å²) in [6, 6.07) is 5.77. The van der Waals surface area contributed by atoms with Crippen LogP contribution >= 0.6 is 0 Å². The second-order valence-electron chi connectivity index (χ2n) is 4.56. The van der Waals surface area contributed by atoms with Crippen molar-refractivity contribution in [2.24, 2.45) is 5.73 Å². The molecule has 1 unspecified atom stereocenters. The van der Waals surface area contributed by atoms with Crippen molar-refractivity contribution in [2.45, 2.75) is 26.3 Å². The smallest absolute Gasteiger partial charge is 0.251 e. The van der Waals surface area contributed by atoms with Crippen LogP contribution in [0, 0.1) is 13.8 Å². The number of alkyl halides is 2. The van der Waals surface area contributed by atoms with E-state index in [1.807, 2.05) is 32.0 Å². The quantitative estimate of drug-likeness (QED) is 0.859. The first-order chi connectivity index (χ1) is 7.90. The topological polar surface area (TPSA) is 29.3 Å². The fraction of sp³-hybridized carbons (Fsp3) is 0.538. The fourth-order valence-corrected chi connectivity index (χ4v) is 1.75. The Morgan fingerprint density at radius 2 is 1.82 bits per heavy atom. The molecule has 0 heterocycles. The summed E-state index contributed by atoms with van der Waals surface area (Å²) in [4.78, 5) is 1.56. The fourth-order valence-electron chi connectivity index (χ4n) is 1.75. The summed E-state index contributed by atoms with van der Waals surface area (Å²) in [5.74, 6) is 0. The first-order valence-corrected chi connectivity index (χ1v) is 5.69. The number of nitrogens with two attached hydrogens (primary N) is 1. The van der Waals surface area contributed by atoms with Crippen molar-refractivity contribution in [1.82, 2.24) is 4.90 Å². The molecule has 0 fully saturated rings. The van der Waals surface area contributed by atoms with Crippen LogP contribution in [0.15, 0.2) is 18.2 Å². The van der Waals surface area contributed by atoms with Crippen LogP contribution in [0.1, 0.15) is 22.7 Å². The third kappa shape index (κ3) is 4.40. The summed E-state index contributed by atoms with van der Waals surface area (Å²) < 4.78 is 24.3. The first kappa shape index (κ1) is 14.1. The lowest BCUT2D eigenvalue weighted by Gasteiger charge is -2.21. The van der Waals surface area contributed by atoms with Gasteiger partial charge < -0.3 is 5.73 Å². The molecule has 0 bridgehead atoms. The molecule has 0 saturated carbocycles. The summed E-state index contributed by atoms with van der Waals surface area (Å²) in [7, 11) is 1.66. The van der Waals surface area contributed by atoms with Gasteiger partial charge in [0.05, 0.1) is 6.54 Å². The highest BCUT2D eigenvalue weighted by Gasteiger charge is 2.13. The lowest BCUT2D eigenvalue weighted by Crippen LogP contribution is -2.32. The average molecular weight is 242 g/mol. The van der Waals surface area contributed by atoms with Gasteiger partial charge in [0.1, 0.15) is 0 Å². The summed E-state index contributed by atoms with van der Waals surface area (Å²) >= 11 is 0. The maximum Gasteiger partial charge on any atom is 0.251 e. The summed E-state index contributed by atoms with van der Waals surface area (Å²) in [6.45, 7) is 4.26. The Balaban J connectivity index is 2.63. The Kier molecular flexibility index (Phi) is 5.02. The second-order valence-corrected chi connectivity index (χ2v) is 4.56. The van der Waals surface area contributed by atoms with Crippen molar-refractivity contribution in [3.63, 3.8) is 0 Å². The molecule has 17 heavy (non-hydrogen) atoms. The number of rotatable bonds is 5. The highest BCUT2D eigenvalue weighted by molar-refractivity contribution is 5.31. The van der Waals surface area contributed by atoms with Crippen molar-refractivity contribution in [3.8, 4) is 0 Å². The van der Waals surface area contributed by atoms with Crippen LogP contribution in [0.25, 0.3) is 0 Å². The van der Waals surface area contributed by atoms with Gasteiger partial charge in [0, 0.05) is 12.6 Å². The van der Waals surface area contributed by atoms with Gasteiger partial charge in [-0.1, -0.05) is 18.2 Å². The minimum atomic E-state index is -2.31. The van der Waals surface area contributed by atoms with E-state index in [9.17, 15) is 8.78 Å². The summed E-state index contributed by atoms with van der Waals surface area (Å²) in [6.07, 6.45) is -2.31. The van der Waals surface area contributed by atoms with Gasteiger partial charge in [-0.05, 0) is 37.6 Å². The van der Waals surface area contributed by atoms with Crippen molar-refractivity contribution < 1.29 is 8.78 Å². The van der Waals surface area contributed by atoms with Crippen LogP contribution in [0.4, 0.5) is 8.78 Å². The van der Waals surface area contributed by atoms with E-state index < -0.39 is 6.43 Å². The van der Waals surface area contributed by atoms with Gasteiger partial charge in [0.25, 0.3) is 6.43 Å². The molecule has 0 aliphatic rings. The molecule has 1 rings (SSSR count). The monoisotopic (exact) mass is 242 g/mol. The van der Waals surface area contributed by atoms with Gasteiger partial charge in [-0.15, -0.1) is 0 Å². The maximum absolute atomic E-state index is 12.2. The maximum atomic E-state index is 12.2. The number of hydrogen-bond acceptors (Lipinski definition) is 2. The van der Waals surface area contributed by atoms with E-state index in [-0.39, 0.29) is 12.6 Å². The Hall–Kier alpha value is -1.00. The van der Waals surface area contributed by atoms with Gasteiger partial charge >= 0.3 is 0 Å². The van der Waals surface area contributed by atoms with E-state index in [4.69, 9.17) is 5.73 Å². The minimum absolute atomic E-state index is 0.224. The highest BCUT2D eigenvalue weighted by atomic mass is 19.3. The highest BCUT2D eigenvalue weighted by Crippen LogP contribution is 2.16. The number of likely N-dealkylation sites (N-methyl/N-ethyl adjacent to an activating group) is 1. The zero-order valence-corrected chi connectivity index (χ0v) is 10.6.